The predicted molar refractivity (Wildman–Crippen MR) is 95.6 cm³/mol. The lowest BCUT2D eigenvalue weighted by Gasteiger charge is -2.07. The number of amides is 1. The minimum absolute atomic E-state index is 0.186. The maximum atomic E-state index is 12.1. The Morgan fingerprint density at radius 2 is 1.91 bits per heavy atom. The second kappa shape index (κ2) is 6.63. The minimum Gasteiger partial charge on any atom is -0.322 e. The number of para-hydroxylation sites is 1. The molecule has 0 aliphatic carbocycles. The van der Waals surface area contributed by atoms with Crippen LogP contribution in [-0.2, 0) is 4.79 Å². The first kappa shape index (κ1) is 15.3. The normalized spacial score (nSPS) is 11.0. The zero-order valence-electron chi connectivity index (χ0n) is 12.6. The number of nitrogens with zero attached hydrogens (tertiary/aromatic N) is 1. The van der Waals surface area contributed by atoms with Gasteiger partial charge in [0.25, 0.3) is 0 Å². The minimum atomic E-state index is -0.186. The van der Waals surface area contributed by atoms with Crippen LogP contribution in [0.15, 0.2) is 60.8 Å². The molecule has 23 heavy (non-hydrogen) atoms. The first-order valence-electron chi connectivity index (χ1n) is 7.22. The lowest BCUT2D eigenvalue weighted by Crippen LogP contribution is -2.08. The molecule has 0 saturated carbocycles. The Bertz CT molecular complexity index is 886. The van der Waals surface area contributed by atoms with E-state index in [1.54, 1.807) is 30.5 Å². The Labute approximate surface area is 139 Å². The summed E-state index contributed by atoms with van der Waals surface area (Å²) in [5.74, 6) is -0.186. The van der Waals surface area contributed by atoms with E-state index in [0.717, 1.165) is 27.7 Å². The molecule has 2 aromatic carbocycles. The van der Waals surface area contributed by atoms with Gasteiger partial charge in [-0.05, 0) is 42.3 Å². The van der Waals surface area contributed by atoms with Crippen LogP contribution in [0.4, 0.5) is 5.69 Å². The molecule has 0 fully saturated rings. The fraction of sp³-hybridized carbons (Fsp3) is 0.0526. The molecule has 1 N–H and O–H groups in total. The summed E-state index contributed by atoms with van der Waals surface area (Å²) < 4.78 is 0. The van der Waals surface area contributed by atoms with Crippen LogP contribution in [0.3, 0.4) is 0 Å². The predicted octanol–water partition coefficient (Wildman–Crippen LogP) is 4.85. The van der Waals surface area contributed by atoms with Crippen LogP contribution >= 0.6 is 11.6 Å². The van der Waals surface area contributed by atoms with E-state index in [0.29, 0.717) is 5.02 Å². The summed E-state index contributed by atoms with van der Waals surface area (Å²) in [6, 6.07) is 15.0. The van der Waals surface area contributed by atoms with Gasteiger partial charge in [-0.2, -0.15) is 0 Å². The Morgan fingerprint density at radius 1 is 1.13 bits per heavy atom. The quantitative estimate of drug-likeness (QED) is 0.700. The molecular weight excluding hydrogens is 308 g/mol. The molecule has 3 nitrogen and oxygen atoms in total. The van der Waals surface area contributed by atoms with Gasteiger partial charge in [0.1, 0.15) is 0 Å². The first-order chi connectivity index (χ1) is 11.1. The van der Waals surface area contributed by atoms with Crippen molar-refractivity contribution in [2.75, 3.05) is 5.32 Å². The number of anilines is 1. The van der Waals surface area contributed by atoms with Crippen molar-refractivity contribution in [2.45, 2.75) is 6.92 Å². The van der Waals surface area contributed by atoms with Crippen LogP contribution < -0.4 is 5.32 Å². The highest BCUT2D eigenvalue weighted by molar-refractivity contribution is 6.30. The molecule has 0 bridgehead atoms. The van der Waals surface area contributed by atoms with Gasteiger partial charge in [0.15, 0.2) is 0 Å². The van der Waals surface area contributed by atoms with Gasteiger partial charge in [0.05, 0.1) is 11.2 Å². The number of fused-ring (bicyclic) bond motifs is 1. The molecule has 3 aromatic rings. The number of carbonyl (C=O) groups excluding carboxylic acids is 1. The van der Waals surface area contributed by atoms with Gasteiger partial charge in [0.2, 0.25) is 5.91 Å². The molecule has 0 unspecified atom stereocenters. The third-order valence-corrected chi connectivity index (χ3v) is 3.78. The zero-order valence-corrected chi connectivity index (χ0v) is 13.3. The Morgan fingerprint density at radius 3 is 2.70 bits per heavy atom. The van der Waals surface area contributed by atoms with Crippen molar-refractivity contribution in [1.29, 1.82) is 0 Å². The molecule has 0 aliphatic heterocycles. The number of rotatable bonds is 3. The van der Waals surface area contributed by atoms with Crippen LogP contribution in [0, 0.1) is 6.92 Å². The number of hydrogen-bond acceptors (Lipinski definition) is 2. The molecule has 0 spiro atoms. The number of aryl methyl sites for hydroxylation is 1. The standard InChI is InChI=1S/C19H15ClN2O/c1-13-3-2-4-16-17(11-12-21-19(13)16)22-18(23)10-7-14-5-8-15(20)9-6-14/h2-12H,1H3,(H,21,22,23)/b10-7+. The van der Waals surface area contributed by atoms with Crippen molar-refractivity contribution in [3.63, 3.8) is 0 Å². The van der Waals surface area contributed by atoms with Crippen molar-refractivity contribution in [3.8, 4) is 0 Å². The summed E-state index contributed by atoms with van der Waals surface area (Å²) in [4.78, 5) is 16.5. The summed E-state index contributed by atoms with van der Waals surface area (Å²) >= 11 is 5.84. The van der Waals surface area contributed by atoms with E-state index in [9.17, 15) is 4.79 Å². The smallest absolute Gasteiger partial charge is 0.248 e. The van der Waals surface area contributed by atoms with Crippen LogP contribution in [0.25, 0.3) is 17.0 Å². The Hall–Kier alpha value is -2.65. The van der Waals surface area contributed by atoms with Crippen LogP contribution in [0.2, 0.25) is 5.02 Å². The highest BCUT2D eigenvalue weighted by atomic mass is 35.5. The maximum Gasteiger partial charge on any atom is 0.248 e. The number of carbonyl (C=O) groups is 1. The van der Waals surface area contributed by atoms with Gasteiger partial charge in [-0.25, -0.2) is 0 Å². The fourth-order valence-corrected chi connectivity index (χ4v) is 2.48. The van der Waals surface area contributed by atoms with Gasteiger partial charge in [-0.1, -0.05) is 41.9 Å². The summed E-state index contributed by atoms with van der Waals surface area (Å²) in [5, 5.41) is 4.50. The van der Waals surface area contributed by atoms with Crippen molar-refractivity contribution in [1.82, 2.24) is 4.98 Å². The summed E-state index contributed by atoms with van der Waals surface area (Å²) in [6.07, 6.45) is 4.96. The van der Waals surface area contributed by atoms with Crippen molar-refractivity contribution < 1.29 is 4.79 Å². The van der Waals surface area contributed by atoms with Gasteiger partial charge in [-0.3, -0.25) is 9.78 Å². The lowest BCUT2D eigenvalue weighted by atomic mass is 10.1. The first-order valence-corrected chi connectivity index (χ1v) is 7.60. The Kier molecular flexibility index (Phi) is 4.40. The maximum absolute atomic E-state index is 12.1. The van der Waals surface area contributed by atoms with E-state index in [-0.39, 0.29) is 5.91 Å². The molecule has 0 aliphatic rings. The number of halogens is 1. The molecule has 1 aromatic heterocycles. The molecule has 3 rings (SSSR count). The fourth-order valence-electron chi connectivity index (χ4n) is 2.35. The SMILES string of the molecule is Cc1cccc2c(NC(=O)/C=C/c3ccc(Cl)cc3)ccnc12. The molecule has 1 heterocycles. The van der Waals surface area contributed by atoms with E-state index in [1.807, 2.05) is 37.3 Å². The van der Waals surface area contributed by atoms with E-state index in [2.05, 4.69) is 10.3 Å². The molecule has 0 radical (unpaired) electrons. The number of pyridine rings is 1. The number of nitrogens with one attached hydrogen (secondary N) is 1. The molecule has 114 valence electrons. The van der Waals surface area contributed by atoms with Crippen molar-refractivity contribution in [2.24, 2.45) is 0 Å². The monoisotopic (exact) mass is 322 g/mol. The topological polar surface area (TPSA) is 42.0 Å². The van der Waals surface area contributed by atoms with Gasteiger partial charge >= 0.3 is 0 Å². The van der Waals surface area contributed by atoms with Gasteiger partial charge < -0.3 is 5.32 Å². The second-order valence-corrected chi connectivity index (χ2v) is 5.64. The van der Waals surface area contributed by atoms with Crippen LogP contribution in [0.1, 0.15) is 11.1 Å². The molecular formula is C19H15ClN2O. The van der Waals surface area contributed by atoms with E-state index >= 15 is 0 Å². The van der Waals surface area contributed by atoms with E-state index in [1.165, 1.54) is 6.08 Å². The van der Waals surface area contributed by atoms with Crippen molar-refractivity contribution in [3.05, 3.63) is 77.0 Å². The van der Waals surface area contributed by atoms with Crippen LogP contribution in [-0.4, -0.2) is 10.9 Å². The van der Waals surface area contributed by atoms with Gasteiger partial charge in [0, 0.05) is 22.7 Å². The number of hydrogen-bond donors (Lipinski definition) is 1. The number of benzene rings is 2. The average molecular weight is 323 g/mol. The third-order valence-electron chi connectivity index (χ3n) is 3.53. The second-order valence-electron chi connectivity index (χ2n) is 5.20. The summed E-state index contributed by atoms with van der Waals surface area (Å²) in [7, 11) is 0. The lowest BCUT2D eigenvalue weighted by molar-refractivity contribution is -0.111. The zero-order chi connectivity index (χ0) is 16.2. The largest absolute Gasteiger partial charge is 0.322 e. The van der Waals surface area contributed by atoms with E-state index < -0.39 is 0 Å². The average Bonchev–Trinajstić information content (AvgIpc) is 2.55. The third kappa shape index (κ3) is 3.58. The molecule has 0 saturated heterocycles. The Balaban J connectivity index is 1.80. The summed E-state index contributed by atoms with van der Waals surface area (Å²) in [5.41, 5.74) is 3.65. The van der Waals surface area contributed by atoms with Crippen LogP contribution in [0.5, 0.6) is 0 Å². The van der Waals surface area contributed by atoms with Crippen molar-refractivity contribution >= 4 is 40.2 Å². The number of aromatic nitrogens is 1. The van der Waals surface area contributed by atoms with E-state index in [4.69, 9.17) is 11.6 Å². The summed E-state index contributed by atoms with van der Waals surface area (Å²) in [6.45, 7) is 2.00. The highest BCUT2D eigenvalue weighted by Crippen LogP contribution is 2.23. The molecule has 1 amide bonds. The van der Waals surface area contributed by atoms with Gasteiger partial charge in [-0.15, -0.1) is 0 Å². The molecule has 4 heteroatoms. The highest BCUT2D eigenvalue weighted by Gasteiger charge is 2.05. The molecule has 0 atom stereocenters.